The van der Waals surface area contributed by atoms with E-state index in [1.54, 1.807) is 13.8 Å². The number of rotatable bonds is 5. The molecule has 0 unspecified atom stereocenters. The summed E-state index contributed by atoms with van der Waals surface area (Å²) >= 11 is 0. The summed E-state index contributed by atoms with van der Waals surface area (Å²) in [5.41, 5.74) is 0.533. The summed E-state index contributed by atoms with van der Waals surface area (Å²) in [4.78, 5) is 21.5. The standard InChI is InChI=1S/C13H15NO5/c1-3-9(13(16)19-4-2)7-10-5-6-11(14(17)18)8-12(10)15/h5-8,15H,3-4H2,1-2H3/b9-7-. The van der Waals surface area contributed by atoms with Crippen LogP contribution < -0.4 is 0 Å². The van der Waals surface area contributed by atoms with Crippen molar-refractivity contribution in [1.29, 1.82) is 0 Å². The third kappa shape index (κ3) is 3.80. The van der Waals surface area contributed by atoms with Gasteiger partial charge in [-0.2, -0.15) is 0 Å². The van der Waals surface area contributed by atoms with E-state index < -0.39 is 10.9 Å². The number of ether oxygens (including phenoxy) is 1. The number of benzene rings is 1. The molecule has 6 heteroatoms. The molecular weight excluding hydrogens is 250 g/mol. The molecule has 0 amide bonds. The van der Waals surface area contributed by atoms with Crippen molar-refractivity contribution >= 4 is 17.7 Å². The highest BCUT2D eigenvalue weighted by Crippen LogP contribution is 2.26. The molecule has 0 saturated heterocycles. The lowest BCUT2D eigenvalue weighted by molar-refractivity contribution is -0.384. The Hall–Kier alpha value is -2.37. The molecule has 102 valence electrons. The molecule has 0 bridgehead atoms. The Bertz CT molecular complexity index is 522. The number of carbonyl (C=O) groups excluding carboxylic acids is 1. The Morgan fingerprint density at radius 1 is 1.47 bits per heavy atom. The van der Waals surface area contributed by atoms with Crippen LogP contribution in [0.1, 0.15) is 25.8 Å². The van der Waals surface area contributed by atoms with E-state index in [0.29, 0.717) is 17.6 Å². The Balaban J connectivity index is 3.08. The van der Waals surface area contributed by atoms with E-state index in [-0.39, 0.29) is 18.0 Å². The highest BCUT2D eigenvalue weighted by molar-refractivity contribution is 5.94. The van der Waals surface area contributed by atoms with Crippen LogP contribution in [0.4, 0.5) is 5.69 Å². The van der Waals surface area contributed by atoms with Gasteiger partial charge in [-0.15, -0.1) is 0 Å². The Labute approximate surface area is 110 Å². The topological polar surface area (TPSA) is 89.7 Å². The molecule has 0 heterocycles. The first-order chi connectivity index (χ1) is 8.99. The SMILES string of the molecule is CCOC(=O)/C(=C\c1ccc([N+](=O)[O-])cc1O)CC. The Morgan fingerprint density at radius 2 is 2.16 bits per heavy atom. The van der Waals surface area contributed by atoms with Crippen molar-refractivity contribution in [3.8, 4) is 5.75 Å². The molecular formula is C13H15NO5. The van der Waals surface area contributed by atoms with Crippen LogP contribution >= 0.6 is 0 Å². The number of nitrogens with zero attached hydrogens (tertiary/aromatic N) is 1. The highest BCUT2D eigenvalue weighted by atomic mass is 16.6. The molecule has 0 atom stereocenters. The van der Waals surface area contributed by atoms with Crippen molar-refractivity contribution in [2.24, 2.45) is 0 Å². The second-order valence-corrected chi connectivity index (χ2v) is 3.74. The summed E-state index contributed by atoms with van der Waals surface area (Å²) in [6.07, 6.45) is 1.91. The lowest BCUT2D eigenvalue weighted by Gasteiger charge is -2.05. The van der Waals surface area contributed by atoms with Gasteiger partial charge in [-0.3, -0.25) is 10.1 Å². The Kier molecular flexibility index (Phi) is 5.05. The molecule has 1 N–H and O–H groups in total. The fourth-order valence-electron chi connectivity index (χ4n) is 1.48. The normalized spacial score (nSPS) is 11.2. The molecule has 19 heavy (non-hydrogen) atoms. The van der Waals surface area contributed by atoms with Gasteiger partial charge >= 0.3 is 5.97 Å². The molecule has 0 radical (unpaired) electrons. The first kappa shape index (κ1) is 14.7. The van der Waals surface area contributed by atoms with Crippen LogP contribution in [0.15, 0.2) is 23.8 Å². The summed E-state index contributed by atoms with van der Waals surface area (Å²) in [7, 11) is 0. The van der Waals surface area contributed by atoms with E-state index in [1.165, 1.54) is 18.2 Å². The van der Waals surface area contributed by atoms with Crippen LogP contribution in [0.25, 0.3) is 6.08 Å². The van der Waals surface area contributed by atoms with Crippen molar-refractivity contribution in [1.82, 2.24) is 0 Å². The number of aromatic hydroxyl groups is 1. The number of phenolic OH excluding ortho intramolecular Hbond substituents is 1. The van der Waals surface area contributed by atoms with E-state index in [2.05, 4.69) is 0 Å². The third-order valence-corrected chi connectivity index (χ3v) is 2.47. The summed E-state index contributed by atoms with van der Waals surface area (Å²) in [6.45, 7) is 3.75. The van der Waals surface area contributed by atoms with Crippen molar-refractivity contribution in [3.63, 3.8) is 0 Å². The molecule has 1 aromatic carbocycles. The fraction of sp³-hybridized carbons (Fsp3) is 0.308. The summed E-state index contributed by atoms with van der Waals surface area (Å²) < 4.78 is 4.87. The van der Waals surface area contributed by atoms with Crippen molar-refractivity contribution < 1.29 is 19.6 Å². The largest absolute Gasteiger partial charge is 0.507 e. The van der Waals surface area contributed by atoms with Gasteiger partial charge in [0.25, 0.3) is 5.69 Å². The van der Waals surface area contributed by atoms with E-state index in [4.69, 9.17) is 4.74 Å². The minimum absolute atomic E-state index is 0.205. The molecule has 0 aliphatic heterocycles. The van der Waals surface area contributed by atoms with Crippen LogP contribution in [0.5, 0.6) is 5.75 Å². The lowest BCUT2D eigenvalue weighted by Crippen LogP contribution is -2.06. The van der Waals surface area contributed by atoms with Gasteiger partial charge < -0.3 is 9.84 Å². The highest BCUT2D eigenvalue weighted by Gasteiger charge is 2.12. The van der Waals surface area contributed by atoms with Crippen molar-refractivity contribution in [2.75, 3.05) is 6.61 Å². The molecule has 6 nitrogen and oxygen atoms in total. The maximum absolute atomic E-state index is 11.6. The zero-order valence-electron chi connectivity index (χ0n) is 10.8. The number of esters is 1. The molecule has 0 aromatic heterocycles. The predicted molar refractivity (Wildman–Crippen MR) is 69.7 cm³/mol. The van der Waals surface area contributed by atoms with Crippen LogP contribution in [0, 0.1) is 10.1 Å². The van der Waals surface area contributed by atoms with Gasteiger partial charge in [-0.1, -0.05) is 6.92 Å². The number of nitro groups is 1. The van der Waals surface area contributed by atoms with Gasteiger partial charge in [0, 0.05) is 17.2 Å². The quantitative estimate of drug-likeness (QED) is 0.382. The molecule has 0 aliphatic carbocycles. The zero-order valence-corrected chi connectivity index (χ0v) is 10.8. The zero-order chi connectivity index (χ0) is 14.4. The van der Waals surface area contributed by atoms with Gasteiger partial charge in [-0.25, -0.2) is 4.79 Å². The van der Waals surface area contributed by atoms with Crippen LogP contribution in [-0.4, -0.2) is 22.6 Å². The minimum atomic E-state index is -0.598. The van der Waals surface area contributed by atoms with Gasteiger partial charge in [0.15, 0.2) is 0 Å². The number of non-ortho nitro benzene ring substituents is 1. The summed E-state index contributed by atoms with van der Waals surface area (Å²) in [5, 5.41) is 20.2. The summed E-state index contributed by atoms with van der Waals surface area (Å²) in [5.74, 6) is -0.702. The Morgan fingerprint density at radius 3 is 2.63 bits per heavy atom. The monoisotopic (exact) mass is 265 g/mol. The fourth-order valence-corrected chi connectivity index (χ4v) is 1.48. The van der Waals surface area contributed by atoms with Gasteiger partial charge in [0.05, 0.1) is 17.6 Å². The third-order valence-electron chi connectivity index (χ3n) is 2.47. The minimum Gasteiger partial charge on any atom is -0.507 e. The van der Waals surface area contributed by atoms with Gasteiger partial charge in [-0.05, 0) is 25.5 Å². The second-order valence-electron chi connectivity index (χ2n) is 3.74. The molecule has 0 aliphatic rings. The van der Waals surface area contributed by atoms with E-state index in [0.717, 1.165) is 6.07 Å². The summed E-state index contributed by atoms with van der Waals surface area (Å²) in [6, 6.07) is 3.70. The second kappa shape index (κ2) is 6.53. The van der Waals surface area contributed by atoms with Crippen molar-refractivity contribution in [3.05, 3.63) is 39.4 Å². The van der Waals surface area contributed by atoms with E-state index in [1.807, 2.05) is 0 Å². The maximum atomic E-state index is 11.6. The number of phenols is 1. The van der Waals surface area contributed by atoms with E-state index in [9.17, 15) is 20.0 Å². The molecule has 0 fully saturated rings. The smallest absolute Gasteiger partial charge is 0.333 e. The first-order valence-corrected chi connectivity index (χ1v) is 5.84. The van der Waals surface area contributed by atoms with Gasteiger partial charge in [0.1, 0.15) is 5.75 Å². The number of carbonyl (C=O) groups is 1. The average Bonchev–Trinajstić information content (AvgIpc) is 2.37. The number of hydrogen-bond donors (Lipinski definition) is 1. The number of nitro benzene ring substituents is 1. The van der Waals surface area contributed by atoms with Crippen LogP contribution in [-0.2, 0) is 9.53 Å². The molecule has 1 rings (SSSR count). The number of hydrogen-bond acceptors (Lipinski definition) is 5. The predicted octanol–water partition coefficient (Wildman–Crippen LogP) is 2.66. The molecule has 0 spiro atoms. The van der Waals surface area contributed by atoms with Gasteiger partial charge in [0.2, 0.25) is 0 Å². The molecule has 1 aromatic rings. The van der Waals surface area contributed by atoms with Crippen LogP contribution in [0.3, 0.4) is 0 Å². The first-order valence-electron chi connectivity index (χ1n) is 5.84. The average molecular weight is 265 g/mol. The van der Waals surface area contributed by atoms with Crippen LogP contribution in [0.2, 0.25) is 0 Å². The maximum Gasteiger partial charge on any atom is 0.333 e. The lowest BCUT2D eigenvalue weighted by atomic mass is 10.1. The van der Waals surface area contributed by atoms with Crippen molar-refractivity contribution in [2.45, 2.75) is 20.3 Å². The van der Waals surface area contributed by atoms with E-state index >= 15 is 0 Å². The molecule has 0 saturated carbocycles.